The summed E-state index contributed by atoms with van der Waals surface area (Å²) in [7, 11) is -4.00. The Kier molecular flexibility index (Phi) is 7.90. The van der Waals surface area contributed by atoms with Gasteiger partial charge in [0.1, 0.15) is 5.82 Å². The number of anilines is 1. The van der Waals surface area contributed by atoms with Crippen LogP contribution < -0.4 is 10.0 Å². The molecule has 0 heterocycles. The van der Waals surface area contributed by atoms with Crippen LogP contribution in [-0.4, -0.2) is 20.4 Å². The highest BCUT2D eigenvalue weighted by Gasteiger charge is 2.23. The molecule has 3 aromatic carbocycles. The van der Waals surface area contributed by atoms with Crippen molar-refractivity contribution in [1.82, 2.24) is 4.72 Å². The Bertz CT molecular complexity index is 1220. The van der Waals surface area contributed by atoms with E-state index >= 15 is 0 Å². The van der Waals surface area contributed by atoms with Gasteiger partial charge < -0.3 is 5.32 Å². The van der Waals surface area contributed by atoms with E-state index in [4.69, 9.17) is 23.2 Å². The van der Waals surface area contributed by atoms with Crippen molar-refractivity contribution >= 4 is 44.8 Å². The van der Waals surface area contributed by atoms with E-state index in [9.17, 15) is 17.6 Å². The van der Waals surface area contributed by atoms with Crippen LogP contribution in [0.3, 0.4) is 0 Å². The van der Waals surface area contributed by atoms with Gasteiger partial charge in [-0.3, -0.25) is 4.79 Å². The van der Waals surface area contributed by atoms with E-state index in [0.717, 1.165) is 23.8 Å². The molecule has 9 heteroatoms. The largest absolute Gasteiger partial charge is 0.320 e. The molecule has 1 atom stereocenters. The zero-order valence-electron chi connectivity index (χ0n) is 17.1. The van der Waals surface area contributed by atoms with Gasteiger partial charge in [0, 0.05) is 6.04 Å². The summed E-state index contributed by atoms with van der Waals surface area (Å²) in [6.45, 7) is 1.87. The number of benzene rings is 3. The summed E-state index contributed by atoms with van der Waals surface area (Å²) in [4.78, 5) is 12.4. The molecule has 0 saturated heterocycles. The minimum atomic E-state index is -4.00. The van der Waals surface area contributed by atoms with Gasteiger partial charge in [-0.1, -0.05) is 66.5 Å². The Labute approximate surface area is 196 Å². The first-order valence-corrected chi connectivity index (χ1v) is 12.1. The lowest BCUT2D eigenvalue weighted by molar-refractivity contribution is 0.102. The van der Waals surface area contributed by atoms with Gasteiger partial charge in [0.2, 0.25) is 10.0 Å². The maximum absolute atomic E-state index is 14.4. The zero-order chi connectivity index (χ0) is 23.3. The topological polar surface area (TPSA) is 75.3 Å². The number of nitrogens with one attached hydrogen (secondary N) is 2. The number of amides is 1. The smallest absolute Gasteiger partial charge is 0.258 e. The predicted octanol–water partition coefficient (Wildman–Crippen LogP) is 5.68. The first-order chi connectivity index (χ1) is 15.2. The summed E-state index contributed by atoms with van der Waals surface area (Å²) in [6, 6.07) is 16.8. The van der Waals surface area contributed by atoms with Crippen LogP contribution in [0, 0.1) is 5.82 Å². The second kappa shape index (κ2) is 10.4. The van der Waals surface area contributed by atoms with E-state index < -0.39 is 27.3 Å². The molecule has 0 aliphatic rings. The van der Waals surface area contributed by atoms with Crippen LogP contribution in [0.25, 0.3) is 0 Å². The van der Waals surface area contributed by atoms with Crippen LogP contribution in [0.1, 0.15) is 29.3 Å². The van der Waals surface area contributed by atoms with Gasteiger partial charge in [-0.25, -0.2) is 17.5 Å². The van der Waals surface area contributed by atoms with E-state index in [1.165, 1.54) is 6.07 Å². The van der Waals surface area contributed by atoms with Gasteiger partial charge >= 0.3 is 0 Å². The molecule has 5 nitrogen and oxygen atoms in total. The van der Waals surface area contributed by atoms with Crippen LogP contribution >= 0.6 is 23.2 Å². The van der Waals surface area contributed by atoms with E-state index in [1.807, 2.05) is 37.3 Å². The van der Waals surface area contributed by atoms with E-state index in [-0.39, 0.29) is 26.7 Å². The predicted molar refractivity (Wildman–Crippen MR) is 125 cm³/mol. The third-order valence-electron chi connectivity index (χ3n) is 4.83. The first-order valence-electron chi connectivity index (χ1n) is 9.82. The Morgan fingerprint density at radius 1 is 1.03 bits per heavy atom. The first kappa shape index (κ1) is 24.2. The van der Waals surface area contributed by atoms with Crippen molar-refractivity contribution in [2.45, 2.75) is 30.7 Å². The normalized spacial score (nSPS) is 12.4. The van der Waals surface area contributed by atoms with Gasteiger partial charge in [0.25, 0.3) is 5.91 Å². The van der Waals surface area contributed by atoms with Crippen molar-refractivity contribution in [2.24, 2.45) is 0 Å². The molecule has 2 N–H and O–H groups in total. The fourth-order valence-corrected chi connectivity index (χ4v) is 4.78. The highest BCUT2D eigenvalue weighted by molar-refractivity contribution is 7.89. The number of hydrogen-bond acceptors (Lipinski definition) is 3. The summed E-state index contributed by atoms with van der Waals surface area (Å²) in [5.74, 6) is -1.71. The molecule has 0 radical (unpaired) electrons. The fourth-order valence-electron chi connectivity index (χ4n) is 3.09. The molecule has 168 valence electrons. The molecule has 0 bridgehead atoms. The molecule has 0 unspecified atom stereocenters. The quantitative estimate of drug-likeness (QED) is 0.422. The third-order valence-corrected chi connectivity index (χ3v) is 7.17. The van der Waals surface area contributed by atoms with Crippen molar-refractivity contribution < 1.29 is 17.6 Å². The molecule has 0 aromatic heterocycles. The summed E-state index contributed by atoms with van der Waals surface area (Å²) in [5.41, 5.74) is 0.739. The Balaban J connectivity index is 1.82. The van der Waals surface area contributed by atoms with Crippen LogP contribution in [0.15, 0.2) is 71.6 Å². The second-order valence-electron chi connectivity index (χ2n) is 7.11. The van der Waals surface area contributed by atoms with Crippen molar-refractivity contribution in [3.05, 3.63) is 93.7 Å². The lowest BCUT2D eigenvalue weighted by Gasteiger charge is -2.18. The Morgan fingerprint density at radius 3 is 2.44 bits per heavy atom. The molecule has 0 spiro atoms. The molecule has 32 heavy (non-hydrogen) atoms. The zero-order valence-corrected chi connectivity index (χ0v) is 19.4. The van der Waals surface area contributed by atoms with Gasteiger partial charge in [-0.15, -0.1) is 0 Å². The molecule has 0 saturated carbocycles. The van der Waals surface area contributed by atoms with Crippen molar-refractivity contribution in [2.75, 3.05) is 5.32 Å². The number of carbonyl (C=O) groups excluding carboxylic acids is 1. The van der Waals surface area contributed by atoms with Crippen molar-refractivity contribution in [3.8, 4) is 0 Å². The minimum absolute atomic E-state index is 0.0973. The molecule has 1 amide bonds. The highest BCUT2D eigenvalue weighted by Crippen LogP contribution is 2.30. The molecular weight excluding hydrogens is 474 g/mol. The average Bonchev–Trinajstić information content (AvgIpc) is 2.77. The SMILES string of the molecule is CC[C@H](Cc1ccccc1)NS(=O)(=O)c1ccc(F)c(C(=O)Nc2cccc(Cl)c2Cl)c1. The second-order valence-corrected chi connectivity index (χ2v) is 9.61. The lowest BCUT2D eigenvalue weighted by atomic mass is 10.1. The molecule has 3 rings (SSSR count). The van der Waals surface area contributed by atoms with Crippen LogP contribution in [0.4, 0.5) is 10.1 Å². The number of sulfonamides is 1. The van der Waals surface area contributed by atoms with Crippen molar-refractivity contribution in [3.63, 3.8) is 0 Å². The third kappa shape index (κ3) is 5.86. The van der Waals surface area contributed by atoms with Gasteiger partial charge in [0.15, 0.2) is 0 Å². The number of halogens is 3. The standard InChI is InChI=1S/C23H21Cl2FN2O3S/c1-2-16(13-15-7-4-3-5-8-15)28-32(30,31)17-11-12-20(26)18(14-17)23(29)27-21-10-6-9-19(24)22(21)25/h3-12,14,16,28H,2,13H2,1H3,(H,27,29)/t16-/m1/s1. The average molecular weight is 495 g/mol. The molecule has 0 aliphatic carbocycles. The fraction of sp³-hybridized carbons (Fsp3) is 0.174. The maximum atomic E-state index is 14.4. The maximum Gasteiger partial charge on any atom is 0.258 e. The highest BCUT2D eigenvalue weighted by atomic mass is 35.5. The van der Waals surface area contributed by atoms with Gasteiger partial charge in [0.05, 0.1) is 26.2 Å². The van der Waals surface area contributed by atoms with Gasteiger partial charge in [-0.2, -0.15) is 0 Å². The van der Waals surface area contributed by atoms with Gasteiger partial charge in [-0.05, 0) is 48.7 Å². The monoisotopic (exact) mass is 494 g/mol. The molecule has 0 fully saturated rings. The summed E-state index contributed by atoms with van der Waals surface area (Å²) in [6.07, 6.45) is 1.05. The summed E-state index contributed by atoms with van der Waals surface area (Å²) < 4.78 is 42.9. The number of rotatable bonds is 8. The number of hydrogen-bond donors (Lipinski definition) is 2. The minimum Gasteiger partial charge on any atom is -0.320 e. The van der Waals surface area contributed by atoms with E-state index in [2.05, 4.69) is 10.0 Å². The van der Waals surface area contributed by atoms with Crippen LogP contribution in [0.2, 0.25) is 10.0 Å². The van der Waals surface area contributed by atoms with E-state index in [0.29, 0.717) is 12.8 Å². The summed E-state index contributed by atoms with van der Waals surface area (Å²) >= 11 is 12.0. The lowest BCUT2D eigenvalue weighted by Crippen LogP contribution is -2.36. The summed E-state index contributed by atoms with van der Waals surface area (Å²) in [5, 5.41) is 2.78. The van der Waals surface area contributed by atoms with Crippen LogP contribution in [0.5, 0.6) is 0 Å². The molecule has 3 aromatic rings. The van der Waals surface area contributed by atoms with E-state index in [1.54, 1.807) is 12.1 Å². The van der Waals surface area contributed by atoms with Crippen LogP contribution in [-0.2, 0) is 16.4 Å². The molecule has 0 aliphatic heterocycles. The Morgan fingerprint density at radius 2 is 1.75 bits per heavy atom. The Hall–Kier alpha value is -2.45. The molecular formula is C23H21Cl2FN2O3S. The number of carbonyl (C=O) groups is 1. The van der Waals surface area contributed by atoms with Crippen molar-refractivity contribution in [1.29, 1.82) is 0 Å².